The Morgan fingerprint density at radius 1 is 1.71 bits per heavy atom. The molecular weight excluding hydrogens is 246 g/mol. The van der Waals surface area contributed by atoms with Crippen molar-refractivity contribution in [3.05, 3.63) is 12.7 Å². The Hall–Kier alpha value is -0.0425. The molecule has 0 atom stereocenters. The van der Waals surface area contributed by atoms with Crippen molar-refractivity contribution in [2.75, 3.05) is 6.23 Å². The van der Waals surface area contributed by atoms with Gasteiger partial charge in [-0.05, 0) is 0 Å². The molecule has 0 aliphatic carbocycles. The van der Waals surface area contributed by atoms with Crippen LogP contribution in [0.5, 0.6) is 0 Å². The number of ether oxygens (including phenoxy) is 1. The Balaban J connectivity index is 3.31. The summed E-state index contributed by atoms with van der Waals surface area (Å²) >= 11 is 0. The number of hydrogen-bond acceptors (Lipinski definition) is 5. The van der Waals surface area contributed by atoms with Gasteiger partial charge in [-0.2, -0.15) is 0 Å². The fourth-order valence-electron chi connectivity index (χ4n) is 0.475. The SMILES string of the molecule is C=CC(=O)OC[Si](C)N[Si]N[Si]N[Si]. The van der Waals surface area contributed by atoms with Gasteiger partial charge in [-0.25, -0.2) is 4.79 Å². The van der Waals surface area contributed by atoms with Crippen molar-refractivity contribution < 1.29 is 9.53 Å². The van der Waals surface area contributed by atoms with Crippen LogP contribution in [0.1, 0.15) is 0 Å². The molecule has 0 heterocycles. The first-order valence-corrected chi connectivity index (χ1v) is 8.45. The van der Waals surface area contributed by atoms with E-state index < -0.39 is 8.96 Å². The van der Waals surface area contributed by atoms with E-state index in [1.165, 1.54) is 6.08 Å². The van der Waals surface area contributed by atoms with E-state index in [0.717, 1.165) is 0 Å². The molecule has 0 unspecified atom stereocenters. The fourth-order valence-corrected chi connectivity index (χ4v) is 3.85. The third kappa shape index (κ3) is 8.55. The normalized spacial score (nSPS) is 10.2. The number of esters is 1. The van der Waals surface area contributed by atoms with Crippen molar-refractivity contribution in [2.45, 2.75) is 6.55 Å². The Morgan fingerprint density at radius 3 is 3.00 bits per heavy atom. The maximum Gasteiger partial charge on any atom is 0.329 e. The van der Waals surface area contributed by atoms with Crippen molar-refractivity contribution in [2.24, 2.45) is 0 Å². The van der Waals surface area contributed by atoms with Gasteiger partial charge in [0, 0.05) is 6.08 Å². The molecule has 0 rings (SSSR count). The van der Waals surface area contributed by atoms with Gasteiger partial charge in [-0.3, -0.25) is 0 Å². The van der Waals surface area contributed by atoms with E-state index in [-0.39, 0.29) is 5.97 Å². The number of carbonyl (C=O) groups excluding carboxylic acids is 1. The lowest BCUT2D eigenvalue weighted by molar-refractivity contribution is -0.135. The Kier molecular flexibility index (Phi) is 9.48. The van der Waals surface area contributed by atoms with Gasteiger partial charge in [0.15, 0.2) is 8.96 Å². The van der Waals surface area contributed by atoms with E-state index >= 15 is 0 Å². The molecule has 0 aromatic rings. The van der Waals surface area contributed by atoms with E-state index in [2.05, 4.69) is 30.9 Å². The van der Waals surface area contributed by atoms with Gasteiger partial charge >= 0.3 is 5.97 Å². The average Bonchev–Trinajstić information content (AvgIpc) is 2.21. The molecular formula is C5H11N3O2Si4. The molecule has 0 bridgehead atoms. The van der Waals surface area contributed by atoms with E-state index in [1.807, 2.05) is 6.55 Å². The lowest BCUT2D eigenvalue weighted by Gasteiger charge is -2.10. The largest absolute Gasteiger partial charge is 0.465 e. The van der Waals surface area contributed by atoms with E-state index in [9.17, 15) is 4.79 Å². The molecule has 8 radical (unpaired) electrons. The minimum absolute atomic E-state index is 0.365. The van der Waals surface area contributed by atoms with Crippen LogP contribution in [0.2, 0.25) is 6.55 Å². The molecule has 14 heavy (non-hydrogen) atoms. The molecule has 0 aliphatic heterocycles. The molecule has 9 heteroatoms. The standard InChI is InChI=1S/C5H11N3O2Si4/c1-3-5(9)10-4-14(2)8-13-7-12-6-11/h3,6-8H,1,4H2,2H3. The van der Waals surface area contributed by atoms with Crippen LogP contribution in [0.15, 0.2) is 12.7 Å². The molecule has 0 aromatic heterocycles. The van der Waals surface area contributed by atoms with Crippen LogP contribution in [-0.4, -0.2) is 51.2 Å². The maximum atomic E-state index is 10.7. The van der Waals surface area contributed by atoms with Gasteiger partial charge in [-0.15, -0.1) is 0 Å². The molecule has 0 spiro atoms. The first kappa shape index (κ1) is 14.0. The monoisotopic (exact) mass is 257 g/mol. The van der Waals surface area contributed by atoms with Crippen LogP contribution < -0.4 is 13.9 Å². The Labute approximate surface area is 94.2 Å². The smallest absolute Gasteiger partial charge is 0.329 e. The van der Waals surface area contributed by atoms with Gasteiger partial charge in [-0.1, -0.05) is 13.1 Å². The molecule has 74 valence electrons. The van der Waals surface area contributed by atoms with E-state index in [4.69, 9.17) is 4.74 Å². The molecule has 3 N–H and O–H groups in total. The Bertz CT molecular complexity index is 182. The molecule has 0 aliphatic rings. The second-order valence-corrected chi connectivity index (χ2v) is 7.57. The minimum atomic E-state index is -0.805. The van der Waals surface area contributed by atoms with Crippen molar-refractivity contribution in [3.8, 4) is 0 Å². The lowest BCUT2D eigenvalue weighted by Crippen LogP contribution is -2.48. The zero-order chi connectivity index (χ0) is 10.8. The first-order chi connectivity index (χ1) is 6.70. The molecule has 0 amide bonds. The molecule has 5 nitrogen and oxygen atoms in total. The highest BCUT2D eigenvalue weighted by atomic mass is 28.4. The third-order valence-corrected chi connectivity index (χ3v) is 5.35. The van der Waals surface area contributed by atoms with Gasteiger partial charge < -0.3 is 18.7 Å². The van der Waals surface area contributed by atoms with Gasteiger partial charge in [0.25, 0.3) is 0 Å². The number of nitrogens with one attached hydrogen (secondary N) is 3. The van der Waals surface area contributed by atoms with Crippen LogP contribution in [-0.2, 0) is 9.53 Å². The van der Waals surface area contributed by atoms with Gasteiger partial charge in [0.1, 0.15) is 10.4 Å². The molecule has 0 saturated heterocycles. The average molecular weight is 258 g/mol. The predicted molar refractivity (Wildman–Crippen MR) is 59.4 cm³/mol. The summed E-state index contributed by atoms with van der Waals surface area (Å²) in [5, 5.41) is 0. The topological polar surface area (TPSA) is 62.4 Å². The van der Waals surface area contributed by atoms with E-state index in [1.54, 1.807) is 0 Å². The second-order valence-electron chi connectivity index (χ2n) is 2.22. The summed E-state index contributed by atoms with van der Waals surface area (Å²) in [5.41, 5.74) is 0. The second kappa shape index (κ2) is 9.51. The number of rotatable bonds is 8. The van der Waals surface area contributed by atoms with Crippen LogP contribution in [0.4, 0.5) is 0 Å². The summed E-state index contributed by atoms with van der Waals surface area (Å²) in [6.07, 6.45) is 1.63. The highest BCUT2D eigenvalue weighted by Gasteiger charge is 2.06. The summed E-state index contributed by atoms with van der Waals surface area (Å²) in [4.78, 5) is 10.7. The predicted octanol–water partition coefficient (Wildman–Crippen LogP) is -2.20. The van der Waals surface area contributed by atoms with Gasteiger partial charge in [0.2, 0.25) is 19.7 Å². The quantitative estimate of drug-likeness (QED) is 0.199. The van der Waals surface area contributed by atoms with Crippen molar-refractivity contribution in [3.63, 3.8) is 0 Å². The van der Waals surface area contributed by atoms with Crippen LogP contribution in [0.3, 0.4) is 0 Å². The van der Waals surface area contributed by atoms with Crippen molar-refractivity contribution in [1.29, 1.82) is 0 Å². The number of hydrogen-bond donors (Lipinski definition) is 3. The lowest BCUT2D eigenvalue weighted by atomic mass is 10.7. The Morgan fingerprint density at radius 2 is 2.43 bits per heavy atom. The summed E-state index contributed by atoms with van der Waals surface area (Å²) in [6, 6.07) is 0. The molecule has 0 fully saturated rings. The third-order valence-electron chi connectivity index (χ3n) is 1.06. The molecule has 0 saturated carbocycles. The zero-order valence-electron chi connectivity index (χ0n) is 7.81. The fraction of sp³-hybridized carbons (Fsp3) is 0.400. The first-order valence-electron chi connectivity index (χ1n) is 3.75. The number of carbonyl (C=O) groups is 1. The van der Waals surface area contributed by atoms with Gasteiger partial charge in [0.05, 0.1) is 6.23 Å². The summed E-state index contributed by atoms with van der Waals surface area (Å²) in [5.74, 6) is -0.365. The summed E-state index contributed by atoms with van der Waals surface area (Å²) in [6.45, 7) is 5.36. The highest BCUT2D eigenvalue weighted by Crippen LogP contribution is 1.81. The van der Waals surface area contributed by atoms with E-state index in [0.29, 0.717) is 25.9 Å². The van der Waals surface area contributed by atoms with Crippen LogP contribution in [0.25, 0.3) is 0 Å². The maximum absolute atomic E-state index is 10.7. The zero-order valence-corrected chi connectivity index (χ0v) is 11.8. The summed E-state index contributed by atoms with van der Waals surface area (Å²) in [7, 11) is 3.26. The summed E-state index contributed by atoms with van der Waals surface area (Å²) < 4.78 is 14.1. The molecule has 0 aromatic carbocycles. The minimum Gasteiger partial charge on any atom is -0.465 e. The van der Waals surface area contributed by atoms with Crippen LogP contribution in [0, 0.1) is 0 Å². The van der Waals surface area contributed by atoms with Crippen LogP contribution >= 0.6 is 0 Å². The van der Waals surface area contributed by atoms with Crippen molar-refractivity contribution in [1.82, 2.24) is 13.9 Å². The highest BCUT2D eigenvalue weighted by molar-refractivity contribution is 6.66. The van der Waals surface area contributed by atoms with Crippen molar-refractivity contribution >= 4 is 45.0 Å².